The van der Waals surface area contributed by atoms with Gasteiger partial charge in [0.2, 0.25) is 5.91 Å². The average Bonchev–Trinajstić information content (AvgIpc) is 3.02. The molecule has 0 unspecified atom stereocenters. The van der Waals surface area contributed by atoms with Crippen LogP contribution in [0.15, 0.2) is 72.8 Å². The van der Waals surface area contributed by atoms with Crippen LogP contribution >= 0.6 is 0 Å². The monoisotopic (exact) mass is 497 g/mol. The first-order valence-corrected chi connectivity index (χ1v) is 13.3. The fourth-order valence-corrected chi connectivity index (χ4v) is 5.53. The Balaban J connectivity index is 1.23. The van der Waals surface area contributed by atoms with E-state index in [1.54, 1.807) is 11.0 Å². The SMILES string of the molecule is C[C@@H]1CCC[C@H](C)N1CCCOc1ccc(CC(=O)N2c3ccccc3NC(=O)c3ccccc32)cc1. The van der Waals surface area contributed by atoms with E-state index in [0.717, 1.165) is 24.3 Å². The minimum Gasteiger partial charge on any atom is -0.494 e. The summed E-state index contributed by atoms with van der Waals surface area (Å²) >= 11 is 0. The highest BCUT2D eigenvalue weighted by Gasteiger charge is 2.29. The second-order valence-electron chi connectivity index (χ2n) is 10.1. The fraction of sp³-hybridized carbons (Fsp3) is 0.355. The van der Waals surface area contributed by atoms with Gasteiger partial charge in [-0.3, -0.25) is 19.4 Å². The van der Waals surface area contributed by atoms with Gasteiger partial charge in [0.15, 0.2) is 0 Å². The first-order chi connectivity index (χ1) is 18.0. The van der Waals surface area contributed by atoms with Crippen molar-refractivity contribution in [3.63, 3.8) is 0 Å². The van der Waals surface area contributed by atoms with E-state index in [1.165, 1.54) is 19.3 Å². The smallest absolute Gasteiger partial charge is 0.257 e. The second-order valence-corrected chi connectivity index (χ2v) is 10.1. The maximum Gasteiger partial charge on any atom is 0.257 e. The van der Waals surface area contributed by atoms with Gasteiger partial charge < -0.3 is 10.1 Å². The molecule has 0 spiro atoms. The molecule has 1 N–H and O–H groups in total. The summed E-state index contributed by atoms with van der Waals surface area (Å²) in [5, 5.41) is 2.93. The molecule has 1 saturated heterocycles. The van der Waals surface area contributed by atoms with Gasteiger partial charge in [-0.25, -0.2) is 0 Å². The van der Waals surface area contributed by atoms with Gasteiger partial charge in [0.05, 0.1) is 35.7 Å². The number of hydrogen-bond donors (Lipinski definition) is 1. The summed E-state index contributed by atoms with van der Waals surface area (Å²) in [7, 11) is 0. The van der Waals surface area contributed by atoms with Gasteiger partial charge in [0.1, 0.15) is 5.75 Å². The Hall–Kier alpha value is -3.64. The first kappa shape index (κ1) is 25.0. The highest BCUT2D eigenvalue weighted by molar-refractivity contribution is 6.17. The second kappa shape index (κ2) is 11.2. The Morgan fingerprint density at radius 1 is 0.919 bits per heavy atom. The Kier molecular flexibility index (Phi) is 7.56. The molecule has 2 aliphatic rings. The third-order valence-corrected chi connectivity index (χ3v) is 7.52. The van der Waals surface area contributed by atoms with Gasteiger partial charge in [-0.05, 0) is 75.1 Å². The summed E-state index contributed by atoms with van der Waals surface area (Å²) in [6, 6.07) is 23.7. The number of carbonyl (C=O) groups is 2. The van der Waals surface area contributed by atoms with E-state index >= 15 is 0 Å². The van der Waals surface area contributed by atoms with Crippen molar-refractivity contribution in [2.45, 2.75) is 58.0 Å². The molecule has 6 heteroatoms. The third-order valence-electron chi connectivity index (χ3n) is 7.52. The van der Waals surface area contributed by atoms with Gasteiger partial charge in [-0.2, -0.15) is 0 Å². The minimum absolute atomic E-state index is 0.102. The zero-order valence-electron chi connectivity index (χ0n) is 21.7. The predicted molar refractivity (Wildman–Crippen MR) is 148 cm³/mol. The van der Waals surface area contributed by atoms with Crippen molar-refractivity contribution in [1.29, 1.82) is 0 Å². The third kappa shape index (κ3) is 5.54. The van der Waals surface area contributed by atoms with E-state index in [1.807, 2.05) is 66.7 Å². The van der Waals surface area contributed by atoms with Crippen LogP contribution in [0.1, 0.15) is 55.5 Å². The Labute approximate surface area is 219 Å². The average molecular weight is 498 g/mol. The van der Waals surface area contributed by atoms with E-state index in [4.69, 9.17) is 4.74 Å². The molecule has 1 fully saturated rings. The van der Waals surface area contributed by atoms with Crippen LogP contribution in [0, 0.1) is 0 Å². The lowest BCUT2D eigenvalue weighted by atomic mass is 9.97. The summed E-state index contributed by atoms with van der Waals surface area (Å²) in [6.07, 6.45) is 5.10. The zero-order valence-corrected chi connectivity index (χ0v) is 21.7. The lowest BCUT2D eigenvalue weighted by Crippen LogP contribution is -2.44. The van der Waals surface area contributed by atoms with Gasteiger partial charge in [-0.1, -0.05) is 42.8 Å². The van der Waals surface area contributed by atoms with E-state index in [2.05, 4.69) is 24.1 Å². The molecular formula is C31H35N3O3. The molecule has 192 valence electrons. The van der Waals surface area contributed by atoms with Crippen molar-refractivity contribution in [2.75, 3.05) is 23.4 Å². The topological polar surface area (TPSA) is 61.9 Å². The van der Waals surface area contributed by atoms with Crippen LogP contribution in [-0.4, -0.2) is 41.9 Å². The number of nitrogens with zero attached hydrogens (tertiary/aromatic N) is 2. The van der Waals surface area contributed by atoms with Crippen LogP contribution in [0.5, 0.6) is 5.75 Å². The summed E-state index contributed by atoms with van der Waals surface area (Å²) in [4.78, 5) is 30.6. The molecule has 0 bridgehead atoms. The largest absolute Gasteiger partial charge is 0.494 e. The number of anilines is 3. The van der Waals surface area contributed by atoms with E-state index in [0.29, 0.717) is 41.3 Å². The van der Waals surface area contributed by atoms with E-state index in [9.17, 15) is 9.59 Å². The standard InChI is InChI=1S/C31H35N3O3/c1-22-9-7-10-23(2)33(22)19-8-20-37-25-17-15-24(16-18-25)21-30(35)34-28-13-5-3-11-26(28)31(36)32-27-12-4-6-14-29(27)34/h3-6,11-18,22-23H,7-10,19-21H2,1-2H3,(H,32,36)/t22-,23+. The van der Waals surface area contributed by atoms with Crippen molar-refractivity contribution >= 4 is 28.9 Å². The lowest BCUT2D eigenvalue weighted by Gasteiger charge is -2.39. The van der Waals surface area contributed by atoms with Crippen LogP contribution < -0.4 is 15.0 Å². The van der Waals surface area contributed by atoms with Crippen LogP contribution in [0.2, 0.25) is 0 Å². The number of hydrogen-bond acceptors (Lipinski definition) is 4. The predicted octanol–water partition coefficient (Wildman–Crippen LogP) is 6.19. The molecule has 3 aromatic carbocycles. The molecule has 0 aliphatic carbocycles. The summed E-state index contributed by atoms with van der Waals surface area (Å²) in [5.41, 5.74) is 3.25. The van der Waals surface area contributed by atoms with Crippen molar-refractivity contribution < 1.29 is 14.3 Å². The molecule has 2 aliphatic heterocycles. The number of ether oxygens (including phenoxy) is 1. The Morgan fingerprint density at radius 2 is 1.59 bits per heavy atom. The highest BCUT2D eigenvalue weighted by Crippen LogP contribution is 2.38. The number of nitrogens with one attached hydrogen (secondary N) is 1. The van der Waals surface area contributed by atoms with Crippen molar-refractivity contribution in [2.24, 2.45) is 0 Å². The van der Waals surface area contributed by atoms with Gasteiger partial charge in [0.25, 0.3) is 5.91 Å². The Morgan fingerprint density at radius 3 is 2.35 bits per heavy atom. The van der Waals surface area contributed by atoms with E-state index < -0.39 is 0 Å². The first-order valence-electron chi connectivity index (χ1n) is 13.3. The quantitative estimate of drug-likeness (QED) is 0.395. The number of para-hydroxylation sites is 3. The molecule has 6 nitrogen and oxygen atoms in total. The lowest BCUT2D eigenvalue weighted by molar-refractivity contribution is -0.117. The number of benzene rings is 3. The van der Waals surface area contributed by atoms with Crippen molar-refractivity contribution in [3.8, 4) is 5.75 Å². The van der Waals surface area contributed by atoms with Gasteiger partial charge >= 0.3 is 0 Å². The van der Waals surface area contributed by atoms with E-state index in [-0.39, 0.29) is 18.2 Å². The summed E-state index contributed by atoms with van der Waals surface area (Å²) in [5.74, 6) is 0.495. The van der Waals surface area contributed by atoms with Crippen LogP contribution in [0.3, 0.4) is 0 Å². The minimum atomic E-state index is -0.218. The van der Waals surface area contributed by atoms with Crippen LogP contribution in [-0.2, 0) is 11.2 Å². The molecule has 37 heavy (non-hydrogen) atoms. The van der Waals surface area contributed by atoms with Crippen molar-refractivity contribution in [3.05, 3.63) is 83.9 Å². The number of likely N-dealkylation sites (tertiary alicyclic amines) is 1. The molecular weight excluding hydrogens is 462 g/mol. The van der Waals surface area contributed by atoms with Crippen LogP contribution in [0.25, 0.3) is 0 Å². The highest BCUT2D eigenvalue weighted by atomic mass is 16.5. The molecule has 2 atom stereocenters. The molecule has 0 radical (unpaired) electrons. The summed E-state index contributed by atoms with van der Waals surface area (Å²) < 4.78 is 6.00. The van der Waals surface area contributed by atoms with Crippen molar-refractivity contribution in [1.82, 2.24) is 4.90 Å². The number of fused-ring (bicyclic) bond motifs is 2. The Bertz CT molecular complexity index is 1250. The number of piperidine rings is 1. The molecule has 2 heterocycles. The number of carbonyl (C=O) groups excluding carboxylic acids is 2. The summed E-state index contributed by atoms with van der Waals surface area (Å²) in [6.45, 7) is 6.39. The normalized spacial score (nSPS) is 19.4. The van der Waals surface area contributed by atoms with Crippen LogP contribution in [0.4, 0.5) is 17.1 Å². The fourth-order valence-electron chi connectivity index (χ4n) is 5.53. The maximum atomic E-state index is 13.6. The number of amides is 2. The molecule has 3 aromatic rings. The number of rotatable bonds is 7. The zero-order chi connectivity index (χ0) is 25.8. The molecule has 5 rings (SSSR count). The van der Waals surface area contributed by atoms with Gasteiger partial charge in [0, 0.05) is 18.6 Å². The molecule has 2 amide bonds. The van der Waals surface area contributed by atoms with Gasteiger partial charge in [-0.15, -0.1) is 0 Å². The maximum absolute atomic E-state index is 13.6. The molecule has 0 aromatic heterocycles. The molecule has 0 saturated carbocycles.